The Morgan fingerprint density at radius 2 is 1.96 bits per heavy atom. The van der Waals surface area contributed by atoms with Crippen LogP contribution in [0.3, 0.4) is 0 Å². The van der Waals surface area contributed by atoms with E-state index in [1.807, 2.05) is 36.6 Å². The zero-order chi connectivity index (χ0) is 19.4. The van der Waals surface area contributed by atoms with Gasteiger partial charge in [-0.05, 0) is 31.4 Å². The minimum atomic E-state index is -0.572. The summed E-state index contributed by atoms with van der Waals surface area (Å²) in [5, 5.41) is 0.676. The molecule has 0 amide bonds. The van der Waals surface area contributed by atoms with Crippen molar-refractivity contribution in [2.45, 2.75) is 18.7 Å². The van der Waals surface area contributed by atoms with Crippen molar-refractivity contribution in [3.05, 3.63) is 65.4 Å². The molecule has 0 bridgehead atoms. The van der Waals surface area contributed by atoms with Gasteiger partial charge in [-0.2, -0.15) is 0 Å². The predicted octanol–water partition coefficient (Wildman–Crippen LogP) is 3.64. The number of carbonyl (C=O) groups is 2. The third-order valence-corrected chi connectivity index (χ3v) is 4.47. The first-order valence-electron chi connectivity index (χ1n) is 8.07. The molecule has 0 aliphatic carbocycles. The van der Waals surface area contributed by atoms with Gasteiger partial charge in [0, 0.05) is 11.3 Å². The molecule has 3 aromatic rings. The molecular weight excluding hydrogens is 368 g/mol. The van der Waals surface area contributed by atoms with Crippen molar-refractivity contribution in [3.8, 4) is 5.69 Å². The summed E-state index contributed by atoms with van der Waals surface area (Å²) in [6.45, 7) is 1.61. The Bertz CT molecular complexity index is 962. The van der Waals surface area contributed by atoms with E-state index < -0.39 is 11.9 Å². The van der Waals surface area contributed by atoms with Crippen molar-refractivity contribution in [1.82, 2.24) is 9.55 Å². The minimum Gasteiger partial charge on any atom is -0.463 e. The molecule has 8 heteroatoms. The summed E-state index contributed by atoms with van der Waals surface area (Å²) >= 11 is 1.43. The van der Waals surface area contributed by atoms with Gasteiger partial charge in [0.2, 0.25) is 5.76 Å². The molecule has 0 saturated carbocycles. The van der Waals surface area contributed by atoms with Gasteiger partial charge in [-0.1, -0.05) is 30.0 Å². The number of furan rings is 1. The number of benzene rings is 1. The Hall–Kier alpha value is -3.00. The highest BCUT2D eigenvalue weighted by Crippen LogP contribution is 2.23. The van der Waals surface area contributed by atoms with Crippen molar-refractivity contribution in [1.29, 1.82) is 0 Å². The van der Waals surface area contributed by atoms with Crippen LogP contribution in [0.5, 0.6) is 0 Å². The topological polar surface area (TPSA) is 83.6 Å². The number of esters is 2. The van der Waals surface area contributed by atoms with Gasteiger partial charge < -0.3 is 13.9 Å². The normalized spacial score (nSPS) is 10.6. The molecule has 0 aliphatic heterocycles. The zero-order valence-electron chi connectivity index (χ0n) is 15.1. The maximum Gasteiger partial charge on any atom is 0.374 e. The van der Waals surface area contributed by atoms with Crippen LogP contribution in [0, 0.1) is 6.92 Å². The highest BCUT2D eigenvalue weighted by atomic mass is 32.2. The Morgan fingerprint density at radius 1 is 1.22 bits per heavy atom. The molecule has 0 aliphatic rings. The molecule has 0 spiro atoms. The van der Waals surface area contributed by atoms with E-state index in [0.717, 1.165) is 5.69 Å². The van der Waals surface area contributed by atoms with E-state index >= 15 is 0 Å². The monoisotopic (exact) mass is 386 g/mol. The first-order chi connectivity index (χ1) is 13.0. The molecule has 3 rings (SSSR count). The van der Waals surface area contributed by atoms with E-state index in [-0.39, 0.29) is 12.4 Å². The fourth-order valence-electron chi connectivity index (χ4n) is 2.57. The number of aromatic nitrogens is 2. The fraction of sp³-hybridized carbons (Fsp3) is 0.211. The number of methoxy groups -OCH3 is 1. The van der Waals surface area contributed by atoms with E-state index in [2.05, 4.69) is 9.72 Å². The van der Waals surface area contributed by atoms with Crippen LogP contribution < -0.4 is 0 Å². The lowest BCUT2D eigenvalue weighted by atomic mass is 10.2. The summed E-state index contributed by atoms with van der Waals surface area (Å²) in [4.78, 5) is 28.5. The Kier molecular flexibility index (Phi) is 5.66. The molecule has 140 valence electrons. The number of hydrogen-bond donors (Lipinski definition) is 0. The summed E-state index contributed by atoms with van der Waals surface area (Å²) in [7, 11) is 1.28. The lowest BCUT2D eigenvalue weighted by Crippen LogP contribution is -2.11. The van der Waals surface area contributed by atoms with Gasteiger partial charge in [-0.15, -0.1) is 0 Å². The number of ether oxygens (including phenoxy) is 2. The molecule has 0 atom stereocenters. The minimum absolute atomic E-state index is 0.0996. The molecule has 1 aromatic carbocycles. The van der Waals surface area contributed by atoms with Crippen molar-refractivity contribution >= 4 is 23.7 Å². The predicted molar refractivity (Wildman–Crippen MR) is 99.2 cm³/mol. The number of rotatable bonds is 6. The fourth-order valence-corrected chi connectivity index (χ4v) is 3.12. The molecule has 0 saturated heterocycles. The summed E-state index contributed by atoms with van der Waals surface area (Å²) in [6.07, 6.45) is 3.37. The summed E-state index contributed by atoms with van der Waals surface area (Å²) in [5.41, 5.74) is 1.74. The smallest absolute Gasteiger partial charge is 0.374 e. The molecule has 0 N–H and O–H groups in total. The Morgan fingerprint density at radius 3 is 2.63 bits per heavy atom. The SMILES string of the molecule is COC(=O)c1oc(COC(=O)c2cnc(SC)n2-c2ccccc2)cc1C. The Labute approximate surface area is 160 Å². The number of carbonyl (C=O) groups excluding carboxylic acids is 2. The van der Waals surface area contributed by atoms with Gasteiger partial charge in [0.25, 0.3) is 0 Å². The van der Waals surface area contributed by atoms with Gasteiger partial charge >= 0.3 is 11.9 Å². The van der Waals surface area contributed by atoms with E-state index in [4.69, 9.17) is 9.15 Å². The van der Waals surface area contributed by atoms with Crippen LogP contribution >= 0.6 is 11.8 Å². The van der Waals surface area contributed by atoms with E-state index in [1.165, 1.54) is 25.1 Å². The van der Waals surface area contributed by atoms with Crippen LogP contribution in [0.25, 0.3) is 5.69 Å². The van der Waals surface area contributed by atoms with Crippen LogP contribution in [0.15, 0.2) is 52.2 Å². The number of aryl methyl sites for hydroxylation is 1. The van der Waals surface area contributed by atoms with Crippen molar-refractivity contribution < 1.29 is 23.5 Å². The van der Waals surface area contributed by atoms with Crippen LogP contribution in [0.1, 0.15) is 32.4 Å². The number of imidazole rings is 1. The summed E-state index contributed by atoms with van der Waals surface area (Å²) < 4.78 is 17.2. The molecule has 2 aromatic heterocycles. The standard InChI is InChI=1S/C19H18N2O5S/c1-12-9-14(26-16(12)18(23)24-2)11-25-17(22)15-10-20-19(27-3)21(15)13-7-5-4-6-8-13/h4-10H,11H2,1-3H3. The quantitative estimate of drug-likeness (QED) is 0.472. The van der Waals surface area contributed by atoms with Gasteiger partial charge in [0.05, 0.1) is 13.3 Å². The lowest BCUT2D eigenvalue weighted by Gasteiger charge is -2.10. The highest BCUT2D eigenvalue weighted by Gasteiger charge is 2.21. The first kappa shape index (κ1) is 18.8. The van der Waals surface area contributed by atoms with Crippen LogP contribution in [0.4, 0.5) is 0 Å². The largest absolute Gasteiger partial charge is 0.463 e. The number of thioether (sulfide) groups is 1. The molecule has 0 fully saturated rings. The maximum atomic E-state index is 12.6. The molecular formula is C19H18N2O5S. The van der Waals surface area contributed by atoms with Crippen molar-refractivity contribution in [3.63, 3.8) is 0 Å². The second-order valence-electron chi connectivity index (χ2n) is 5.59. The highest BCUT2D eigenvalue weighted by molar-refractivity contribution is 7.98. The average molecular weight is 386 g/mol. The van der Waals surface area contributed by atoms with Gasteiger partial charge in [0.1, 0.15) is 12.4 Å². The first-order valence-corrected chi connectivity index (χ1v) is 9.29. The van der Waals surface area contributed by atoms with E-state index in [1.54, 1.807) is 17.6 Å². The van der Waals surface area contributed by atoms with Crippen molar-refractivity contribution in [2.75, 3.05) is 13.4 Å². The van der Waals surface area contributed by atoms with Crippen molar-refractivity contribution in [2.24, 2.45) is 0 Å². The van der Waals surface area contributed by atoms with Crippen LogP contribution in [0.2, 0.25) is 0 Å². The van der Waals surface area contributed by atoms with Gasteiger partial charge in [-0.25, -0.2) is 14.6 Å². The number of para-hydroxylation sites is 1. The average Bonchev–Trinajstić information content (AvgIpc) is 3.29. The lowest BCUT2D eigenvalue weighted by molar-refractivity contribution is 0.0428. The maximum absolute atomic E-state index is 12.6. The molecule has 2 heterocycles. The van der Waals surface area contributed by atoms with Gasteiger partial charge in [0.15, 0.2) is 10.9 Å². The van der Waals surface area contributed by atoms with E-state index in [0.29, 0.717) is 22.2 Å². The van der Waals surface area contributed by atoms with E-state index in [9.17, 15) is 9.59 Å². The second-order valence-corrected chi connectivity index (χ2v) is 6.37. The number of nitrogens with zero attached hydrogens (tertiary/aromatic N) is 2. The third kappa shape index (κ3) is 3.90. The molecule has 0 unspecified atom stereocenters. The van der Waals surface area contributed by atoms with Crippen LogP contribution in [-0.2, 0) is 16.1 Å². The number of hydrogen-bond acceptors (Lipinski definition) is 7. The molecule has 27 heavy (non-hydrogen) atoms. The zero-order valence-corrected chi connectivity index (χ0v) is 15.9. The Balaban J connectivity index is 1.80. The summed E-state index contributed by atoms with van der Waals surface area (Å²) in [6, 6.07) is 11.1. The van der Waals surface area contributed by atoms with Crippen LogP contribution in [-0.4, -0.2) is 34.9 Å². The molecule has 7 nitrogen and oxygen atoms in total. The molecule has 0 radical (unpaired) electrons. The second kappa shape index (κ2) is 8.13. The van der Waals surface area contributed by atoms with Gasteiger partial charge in [-0.3, -0.25) is 4.57 Å². The summed E-state index contributed by atoms with van der Waals surface area (Å²) in [5.74, 6) is -0.656. The third-order valence-electron chi connectivity index (χ3n) is 3.82.